The van der Waals surface area contributed by atoms with E-state index in [-0.39, 0.29) is 28.3 Å². The molecule has 0 radical (unpaired) electrons. The van der Waals surface area contributed by atoms with Crippen LogP contribution < -0.4 is 5.32 Å². The Morgan fingerprint density at radius 2 is 1.86 bits per heavy atom. The van der Waals surface area contributed by atoms with E-state index in [4.69, 9.17) is 9.15 Å². The van der Waals surface area contributed by atoms with E-state index in [0.717, 1.165) is 19.3 Å². The number of nitro benzene ring substituents is 1. The zero-order chi connectivity index (χ0) is 25.2. The second-order valence-corrected chi connectivity index (χ2v) is 7.52. The number of ether oxygens (including phenoxy) is 1. The number of carbonyl (C=O) groups is 2. The fourth-order valence-corrected chi connectivity index (χ4v) is 3.20. The summed E-state index contributed by atoms with van der Waals surface area (Å²) in [4.78, 5) is 35.4. The van der Waals surface area contributed by atoms with Crippen molar-refractivity contribution in [1.82, 2.24) is 0 Å². The number of unbranched alkanes of at least 4 members (excludes halogenated alkanes) is 2. The lowest BCUT2D eigenvalue weighted by atomic mass is 10.1. The number of nitro groups is 1. The van der Waals surface area contributed by atoms with Gasteiger partial charge < -0.3 is 14.5 Å². The minimum Gasteiger partial charge on any atom is -0.462 e. The number of para-hydroxylation sites is 1. The molecule has 0 aliphatic carbocycles. The molecule has 9 nitrogen and oxygen atoms in total. The monoisotopic (exact) mass is 473 g/mol. The quantitative estimate of drug-likeness (QED) is 0.0989. The lowest BCUT2D eigenvalue weighted by Crippen LogP contribution is -2.13. The maximum atomic E-state index is 12.6. The van der Waals surface area contributed by atoms with Gasteiger partial charge >= 0.3 is 5.97 Å². The number of rotatable bonds is 10. The number of amides is 1. The Morgan fingerprint density at radius 3 is 2.54 bits per heavy atom. The topological polar surface area (TPSA) is 135 Å². The fraction of sp³-hybridized carbons (Fsp3) is 0.192. The molecule has 1 amide bonds. The number of furan rings is 1. The molecule has 35 heavy (non-hydrogen) atoms. The maximum absolute atomic E-state index is 12.6. The Morgan fingerprint density at radius 1 is 1.11 bits per heavy atom. The maximum Gasteiger partial charge on any atom is 0.338 e. The molecule has 0 spiro atoms. The van der Waals surface area contributed by atoms with Gasteiger partial charge in [0.2, 0.25) is 0 Å². The zero-order valence-electron chi connectivity index (χ0n) is 19.0. The number of hydrogen-bond donors (Lipinski definition) is 1. The first-order valence-corrected chi connectivity index (χ1v) is 11.0. The van der Waals surface area contributed by atoms with Crippen LogP contribution in [0.5, 0.6) is 0 Å². The molecule has 1 N–H and O–H groups in total. The van der Waals surface area contributed by atoms with E-state index < -0.39 is 16.8 Å². The largest absolute Gasteiger partial charge is 0.462 e. The molecule has 3 aromatic rings. The molecule has 0 saturated carbocycles. The molecule has 3 rings (SSSR count). The number of nitriles is 1. The van der Waals surface area contributed by atoms with Crippen LogP contribution in [-0.2, 0) is 9.53 Å². The highest BCUT2D eigenvalue weighted by Crippen LogP contribution is 2.31. The van der Waals surface area contributed by atoms with E-state index in [1.807, 2.05) is 6.07 Å². The number of anilines is 1. The SMILES string of the molecule is CCCCCOC(=O)c1ccc(NC(=O)/C(C#N)=C/c2ccc(-c3ccccc3[N+](=O)[O-])o2)cc1. The first-order valence-electron chi connectivity index (χ1n) is 11.0. The van der Waals surface area contributed by atoms with E-state index >= 15 is 0 Å². The van der Waals surface area contributed by atoms with Gasteiger partial charge in [-0.2, -0.15) is 5.26 Å². The molecule has 0 aliphatic rings. The molecular weight excluding hydrogens is 450 g/mol. The van der Waals surface area contributed by atoms with E-state index in [9.17, 15) is 25.0 Å². The Hall–Kier alpha value is -4.71. The van der Waals surface area contributed by atoms with Crippen LogP contribution in [0.2, 0.25) is 0 Å². The third-order valence-corrected chi connectivity index (χ3v) is 5.00. The van der Waals surface area contributed by atoms with Crippen molar-refractivity contribution in [3.63, 3.8) is 0 Å². The minimum absolute atomic E-state index is 0.121. The average Bonchev–Trinajstić information content (AvgIpc) is 3.34. The molecule has 0 fully saturated rings. The van der Waals surface area contributed by atoms with E-state index in [1.54, 1.807) is 18.2 Å². The van der Waals surface area contributed by atoms with Gasteiger partial charge in [0.1, 0.15) is 23.2 Å². The van der Waals surface area contributed by atoms with Gasteiger partial charge in [-0.3, -0.25) is 14.9 Å². The van der Waals surface area contributed by atoms with Crippen molar-refractivity contribution in [1.29, 1.82) is 5.26 Å². The predicted octanol–water partition coefficient (Wildman–Crippen LogP) is 5.75. The van der Waals surface area contributed by atoms with Crippen LogP contribution in [0, 0.1) is 21.4 Å². The van der Waals surface area contributed by atoms with Crippen molar-refractivity contribution in [2.45, 2.75) is 26.2 Å². The lowest BCUT2D eigenvalue weighted by molar-refractivity contribution is -0.384. The normalized spacial score (nSPS) is 10.9. The second kappa shape index (κ2) is 12.0. The zero-order valence-corrected chi connectivity index (χ0v) is 19.0. The van der Waals surface area contributed by atoms with Crippen molar-refractivity contribution in [3.8, 4) is 17.4 Å². The van der Waals surface area contributed by atoms with Crippen molar-refractivity contribution < 1.29 is 23.7 Å². The van der Waals surface area contributed by atoms with Gasteiger partial charge in [0, 0.05) is 17.8 Å². The summed E-state index contributed by atoms with van der Waals surface area (Å²) >= 11 is 0. The molecule has 1 aromatic heterocycles. The lowest BCUT2D eigenvalue weighted by Gasteiger charge is -2.07. The molecule has 1 heterocycles. The number of nitrogens with one attached hydrogen (secondary N) is 1. The van der Waals surface area contributed by atoms with Gasteiger partial charge in [-0.25, -0.2) is 4.79 Å². The standard InChI is InChI=1S/C26H23N3O6/c1-2-3-6-15-34-26(31)18-9-11-20(12-10-18)28-25(30)19(17-27)16-21-13-14-24(35-21)22-7-4-5-8-23(22)29(32)33/h4-5,7-14,16H,2-3,6,15H2,1H3,(H,28,30)/b19-16+. The van der Waals surface area contributed by atoms with Gasteiger partial charge in [-0.1, -0.05) is 31.9 Å². The third-order valence-electron chi connectivity index (χ3n) is 5.00. The summed E-state index contributed by atoms with van der Waals surface area (Å²) in [6, 6.07) is 17.1. The highest BCUT2D eigenvalue weighted by molar-refractivity contribution is 6.09. The minimum atomic E-state index is -0.675. The molecular formula is C26H23N3O6. The Kier molecular flexibility index (Phi) is 8.51. The summed E-state index contributed by atoms with van der Waals surface area (Å²) < 4.78 is 10.8. The van der Waals surface area contributed by atoms with Gasteiger partial charge in [-0.05, 0) is 48.9 Å². The highest BCUT2D eigenvalue weighted by Gasteiger charge is 2.18. The van der Waals surface area contributed by atoms with Gasteiger partial charge in [0.25, 0.3) is 11.6 Å². The first kappa shape index (κ1) is 24.9. The Bertz CT molecular complexity index is 1280. The third kappa shape index (κ3) is 6.65. The van der Waals surface area contributed by atoms with Gasteiger partial charge in [0.15, 0.2) is 0 Å². The van der Waals surface area contributed by atoms with Crippen molar-refractivity contribution in [2.75, 3.05) is 11.9 Å². The second-order valence-electron chi connectivity index (χ2n) is 7.52. The van der Waals surface area contributed by atoms with Crippen LogP contribution in [0.25, 0.3) is 17.4 Å². The molecule has 0 unspecified atom stereocenters. The number of benzene rings is 2. The summed E-state index contributed by atoms with van der Waals surface area (Å²) in [5.41, 5.74) is 0.674. The molecule has 9 heteroatoms. The summed E-state index contributed by atoms with van der Waals surface area (Å²) in [7, 11) is 0. The van der Waals surface area contributed by atoms with E-state index in [0.29, 0.717) is 17.9 Å². The van der Waals surface area contributed by atoms with E-state index in [1.165, 1.54) is 48.5 Å². The molecule has 2 aromatic carbocycles. The van der Waals surface area contributed by atoms with Crippen LogP contribution >= 0.6 is 0 Å². The molecule has 0 bridgehead atoms. The number of nitrogens with zero attached hydrogens (tertiary/aromatic N) is 2. The van der Waals surface area contributed by atoms with Crippen LogP contribution in [0.15, 0.2) is 70.7 Å². The summed E-state index contributed by atoms with van der Waals surface area (Å²) in [5, 5.41) is 23.3. The molecule has 0 aliphatic heterocycles. The highest BCUT2D eigenvalue weighted by atomic mass is 16.6. The predicted molar refractivity (Wildman–Crippen MR) is 129 cm³/mol. The molecule has 178 valence electrons. The van der Waals surface area contributed by atoms with Crippen LogP contribution in [0.1, 0.15) is 42.3 Å². The van der Waals surface area contributed by atoms with Gasteiger partial charge in [0.05, 0.1) is 22.7 Å². The molecule has 0 atom stereocenters. The average molecular weight is 473 g/mol. The Labute approximate surface area is 201 Å². The van der Waals surface area contributed by atoms with Crippen LogP contribution in [0.4, 0.5) is 11.4 Å². The van der Waals surface area contributed by atoms with Crippen LogP contribution in [0.3, 0.4) is 0 Å². The van der Waals surface area contributed by atoms with E-state index in [2.05, 4.69) is 12.2 Å². The van der Waals surface area contributed by atoms with Crippen LogP contribution in [-0.4, -0.2) is 23.4 Å². The summed E-state index contributed by atoms with van der Waals surface area (Å²) in [6.45, 7) is 2.42. The van der Waals surface area contributed by atoms with Crippen molar-refractivity contribution >= 4 is 29.3 Å². The Balaban J connectivity index is 1.68. The summed E-state index contributed by atoms with van der Waals surface area (Å²) in [6.07, 6.45) is 4.06. The molecule has 0 saturated heterocycles. The summed E-state index contributed by atoms with van der Waals surface area (Å²) in [5.74, 6) is -0.695. The smallest absolute Gasteiger partial charge is 0.338 e. The first-order chi connectivity index (χ1) is 16.9. The fourth-order valence-electron chi connectivity index (χ4n) is 3.20. The van der Waals surface area contributed by atoms with Gasteiger partial charge in [-0.15, -0.1) is 0 Å². The number of carbonyl (C=O) groups excluding carboxylic acids is 2. The van der Waals surface area contributed by atoms with Crippen molar-refractivity contribution in [3.05, 3.63) is 87.7 Å². The van der Waals surface area contributed by atoms with Crippen molar-refractivity contribution in [2.24, 2.45) is 0 Å². The number of hydrogen-bond acceptors (Lipinski definition) is 7. The number of esters is 1.